The highest BCUT2D eigenvalue weighted by Gasteiger charge is 2.10. The summed E-state index contributed by atoms with van der Waals surface area (Å²) in [6, 6.07) is 19.8. The molecule has 0 radical (unpaired) electrons. The van der Waals surface area contributed by atoms with Gasteiger partial charge < -0.3 is 9.47 Å². The van der Waals surface area contributed by atoms with Gasteiger partial charge in [-0.1, -0.05) is 38.3 Å². The first kappa shape index (κ1) is 19.4. The summed E-state index contributed by atoms with van der Waals surface area (Å²) in [5.74, 6) is 0.829. The average Bonchev–Trinajstić information content (AvgIpc) is 2.73. The number of hydrogen-bond acceptors (Lipinski definition) is 4. The second-order valence-corrected chi connectivity index (χ2v) is 6.66. The molecular formula is C24H23NO3. The maximum atomic E-state index is 12.4. The first-order valence-corrected chi connectivity index (χ1v) is 9.58. The van der Waals surface area contributed by atoms with Gasteiger partial charge in [0.2, 0.25) is 0 Å². The lowest BCUT2D eigenvalue weighted by molar-refractivity contribution is 0.0735. The first-order valence-electron chi connectivity index (χ1n) is 9.58. The number of fused-ring (bicyclic) bond motifs is 1. The second kappa shape index (κ2) is 9.57. The lowest BCUT2D eigenvalue weighted by Gasteiger charge is -2.09. The molecule has 0 amide bonds. The van der Waals surface area contributed by atoms with Gasteiger partial charge in [0.1, 0.15) is 11.5 Å². The fraction of sp³-hybridized carbons (Fsp3) is 0.250. The van der Waals surface area contributed by atoms with Gasteiger partial charge in [0.05, 0.1) is 23.8 Å². The minimum Gasteiger partial charge on any atom is -0.494 e. The van der Waals surface area contributed by atoms with Crippen molar-refractivity contribution in [2.75, 3.05) is 6.61 Å². The molecule has 0 atom stereocenters. The van der Waals surface area contributed by atoms with Crippen LogP contribution in [0.4, 0.5) is 0 Å². The minimum absolute atomic E-state index is 0.413. The summed E-state index contributed by atoms with van der Waals surface area (Å²) in [4.78, 5) is 12.4. The van der Waals surface area contributed by atoms with E-state index in [2.05, 4.69) is 6.92 Å². The van der Waals surface area contributed by atoms with Crippen LogP contribution in [0, 0.1) is 11.3 Å². The summed E-state index contributed by atoms with van der Waals surface area (Å²) < 4.78 is 11.2. The number of carbonyl (C=O) groups is 1. The molecule has 4 nitrogen and oxygen atoms in total. The third-order valence-corrected chi connectivity index (χ3v) is 4.51. The minimum atomic E-state index is -0.428. The van der Waals surface area contributed by atoms with Gasteiger partial charge in [0, 0.05) is 0 Å². The van der Waals surface area contributed by atoms with E-state index in [1.165, 1.54) is 19.3 Å². The molecule has 3 aromatic carbocycles. The molecule has 142 valence electrons. The Hall–Kier alpha value is -3.32. The van der Waals surface area contributed by atoms with Gasteiger partial charge in [-0.2, -0.15) is 5.26 Å². The molecule has 0 heterocycles. The highest BCUT2D eigenvalue weighted by molar-refractivity contribution is 5.96. The molecule has 3 aromatic rings. The summed E-state index contributed by atoms with van der Waals surface area (Å²) >= 11 is 0. The Morgan fingerprint density at radius 2 is 1.61 bits per heavy atom. The number of ether oxygens (including phenoxy) is 2. The van der Waals surface area contributed by atoms with Gasteiger partial charge in [-0.25, -0.2) is 4.79 Å². The molecule has 28 heavy (non-hydrogen) atoms. The number of nitriles is 1. The second-order valence-electron chi connectivity index (χ2n) is 6.66. The normalized spacial score (nSPS) is 10.4. The van der Waals surface area contributed by atoms with Crippen molar-refractivity contribution in [2.24, 2.45) is 0 Å². The van der Waals surface area contributed by atoms with Gasteiger partial charge in [0.15, 0.2) is 0 Å². The van der Waals surface area contributed by atoms with Crippen LogP contribution in [0.3, 0.4) is 0 Å². The van der Waals surface area contributed by atoms with Crippen LogP contribution >= 0.6 is 0 Å². The van der Waals surface area contributed by atoms with Crippen molar-refractivity contribution < 1.29 is 14.3 Å². The highest BCUT2D eigenvalue weighted by Crippen LogP contribution is 2.23. The van der Waals surface area contributed by atoms with Gasteiger partial charge in [-0.3, -0.25) is 0 Å². The lowest BCUT2D eigenvalue weighted by Crippen LogP contribution is -2.08. The van der Waals surface area contributed by atoms with E-state index in [4.69, 9.17) is 14.7 Å². The monoisotopic (exact) mass is 373 g/mol. The molecule has 4 heteroatoms. The highest BCUT2D eigenvalue weighted by atomic mass is 16.5. The Kier molecular flexibility index (Phi) is 6.64. The Balaban J connectivity index is 1.65. The number of hydrogen-bond donors (Lipinski definition) is 0. The molecule has 0 spiro atoms. The summed E-state index contributed by atoms with van der Waals surface area (Å²) in [7, 11) is 0. The van der Waals surface area contributed by atoms with Crippen molar-refractivity contribution in [3.05, 3.63) is 71.8 Å². The number of esters is 1. The van der Waals surface area contributed by atoms with Gasteiger partial charge >= 0.3 is 5.97 Å². The number of benzene rings is 3. The number of unbranched alkanes of at least 4 members (excludes halogenated alkanes) is 3. The molecule has 0 fully saturated rings. The topological polar surface area (TPSA) is 59.3 Å². The summed E-state index contributed by atoms with van der Waals surface area (Å²) in [6.07, 6.45) is 4.70. The van der Waals surface area contributed by atoms with E-state index >= 15 is 0 Å². The summed E-state index contributed by atoms with van der Waals surface area (Å²) in [6.45, 7) is 2.92. The quantitative estimate of drug-likeness (QED) is 0.281. The summed E-state index contributed by atoms with van der Waals surface area (Å²) in [5.41, 5.74) is 0.999. The molecule has 0 aliphatic heterocycles. The van der Waals surface area contributed by atoms with E-state index < -0.39 is 5.97 Å². The van der Waals surface area contributed by atoms with Crippen LogP contribution in [0.2, 0.25) is 0 Å². The van der Waals surface area contributed by atoms with E-state index in [1.54, 1.807) is 30.3 Å². The van der Waals surface area contributed by atoms with Crippen molar-refractivity contribution in [1.29, 1.82) is 5.26 Å². The van der Waals surface area contributed by atoms with E-state index in [9.17, 15) is 4.79 Å². The van der Waals surface area contributed by atoms with Crippen LogP contribution in [-0.4, -0.2) is 12.6 Å². The zero-order chi connectivity index (χ0) is 19.8. The van der Waals surface area contributed by atoms with Crippen molar-refractivity contribution >= 4 is 16.7 Å². The molecule has 0 aromatic heterocycles. The Morgan fingerprint density at radius 3 is 2.36 bits per heavy atom. The van der Waals surface area contributed by atoms with E-state index in [0.717, 1.165) is 29.5 Å². The van der Waals surface area contributed by atoms with Crippen molar-refractivity contribution in [2.45, 2.75) is 32.6 Å². The fourth-order valence-corrected chi connectivity index (χ4v) is 2.92. The van der Waals surface area contributed by atoms with Crippen LogP contribution in [0.5, 0.6) is 11.5 Å². The van der Waals surface area contributed by atoms with Gasteiger partial charge in [-0.15, -0.1) is 0 Å². The molecular weight excluding hydrogens is 350 g/mol. The zero-order valence-corrected chi connectivity index (χ0v) is 16.0. The van der Waals surface area contributed by atoms with E-state index in [-0.39, 0.29) is 0 Å². The predicted molar refractivity (Wildman–Crippen MR) is 110 cm³/mol. The van der Waals surface area contributed by atoms with Crippen LogP contribution in [-0.2, 0) is 0 Å². The van der Waals surface area contributed by atoms with Crippen molar-refractivity contribution in [3.63, 3.8) is 0 Å². The number of carbonyl (C=O) groups excluding carboxylic acids is 1. The molecule has 0 aliphatic carbocycles. The number of rotatable bonds is 8. The first-order chi connectivity index (χ1) is 13.7. The maximum absolute atomic E-state index is 12.4. The SMILES string of the molecule is CCCCCCOc1ccc2cc(C(=O)Oc3ccc(C#N)cc3)ccc2c1. The molecule has 0 N–H and O–H groups in total. The summed E-state index contributed by atoms with van der Waals surface area (Å²) in [5, 5.41) is 10.8. The van der Waals surface area contributed by atoms with Crippen molar-refractivity contribution in [3.8, 4) is 17.6 Å². The molecule has 0 saturated heterocycles. The van der Waals surface area contributed by atoms with Gasteiger partial charge in [0.25, 0.3) is 0 Å². The molecule has 0 saturated carbocycles. The number of nitrogens with zero attached hydrogens (tertiary/aromatic N) is 1. The molecule has 0 unspecified atom stereocenters. The maximum Gasteiger partial charge on any atom is 0.343 e. The Bertz CT molecular complexity index is 987. The van der Waals surface area contributed by atoms with E-state index in [1.807, 2.05) is 36.4 Å². The Labute approximate surface area is 165 Å². The third kappa shape index (κ3) is 5.11. The smallest absolute Gasteiger partial charge is 0.343 e. The van der Waals surface area contributed by atoms with Crippen LogP contribution in [0.25, 0.3) is 10.8 Å². The molecule has 3 rings (SSSR count). The van der Waals surface area contributed by atoms with Crippen LogP contribution < -0.4 is 9.47 Å². The molecule has 0 bridgehead atoms. The van der Waals surface area contributed by atoms with Crippen molar-refractivity contribution in [1.82, 2.24) is 0 Å². The lowest BCUT2D eigenvalue weighted by atomic mass is 10.1. The Morgan fingerprint density at radius 1 is 0.893 bits per heavy atom. The standard InChI is InChI=1S/C24H23NO3/c1-2-3-4-5-14-27-23-13-10-19-15-21(9-8-20(19)16-23)24(26)28-22-11-6-18(17-25)7-12-22/h6-13,15-16H,2-5,14H2,1H3. The van der Waals surface area contributed by atoms with Gasteiger partial charge in [-0.05, 0) is 65.7 Å². The molecule has 0 aliphatic rings. The zero-order valence-electron chi connectivity index (χ0n) is 16.0. The van der Waals surface area contributed by atoms with Crippen LogP contribution in [0.15, 0.2) is 60.7 Å². The predicted octanol–water partition coefficient (Wildman–Crippen LogP) is 5.89. The third-order valence-electron chi connectivity index (χ3n) is 4.51. The van der Waals surface area contributed by atoms with Crippen LogP contribution in [0.1, 0.15) is 48.5 Å². The fourth-order valence-electron chi connectivity index (χ4n) is 2.92. The van der Waals surface area contributed by atoms with E-state index in [0.29, 0.717) is 16.9 Å². The largest absolute Gasteiger partial charge is 0.494 e. The average molecular weight is 373 g/mol.